The number of benzene rings is 1. The molecule has 0 amide bonds. The van der Waals surface area contributed by atoms with Gasteiger partial charge in [-0.05, 0) is 31.0 Å². The van der Waals surface area contributed by atoms with Gasteiger partial charge in [-0.3, -0.25) is 4.68 Å². The van der Waals surface area contributed by atoms with Gasteiger partial charge in [0.2, 0.25) is 0 Å². The predicted molar refractivity (Wildman–Crippen MR) is 100 cm³/mol. The molecule has 0 spiro atoms. The van der Waals surface area contributed by atoms with Crippen molar-refractivity contribution in [3.63, 3.8) is 0 Å². The van der Waals surface area contributed by atoms with E-state index in [2.05, 4.69) is 28.9 Å². The van der Waals surface area contributed by atoms with Crippen LogP contribution in [0.25, 0.3) is 22.4 Å². The van der Waals surface area contributed by atoms with E-state index in [1.54, 1.807) is 0 Å². The molecule has 0 bridgehead atoms. The monoisotopic (exact) mass is 406 g/mol. The highest BCUT2D eigenvalue weighted by Crippen LogP contribution is 2.39. The van der Waals surface area contributed by atoms with E-state index in [9.17, 15) is 18.3 Å². The molecule has 0 radical (unpaired) electrons. The van der Waals surface area contributed by atoms with Gasteiger partial charge in [0.25, 0.3) is 0 Å². The van der Waals surface area contributed by atoms with Crippen molar-refractivity contribution in [1.82, 2.24) is 19.7 Å². The van der Waals surface area contributed by atoms with E-state index in [1.165, 1.54) is 13.1 Å². The molecule has 1 aliphatic heterocycles. The highest BCUT2D eigenvalue weighted by Gasteiger charge is 2.35. The number of rotatable bonds is 2. The average Bonchev–Trinajstić information content (AvgIpc) is 3.02. The zero-order valence-electron chi connectivity index (χ0n) is 16.3. The molecule has 0 aliphatic carbocycles. The first kappa shape index (κ1) is 19.6. The molecule has 1 fully saturated rings. The van der Waals surface area contributed by atoms with Gasteiger partial charge in [-0.15, -0.1) is 0 Å². The number of hydrogen-bond acceptors (Lipinski definition) is 5. The second-order valence-electron chi connectivity index (χ2n) is 8.10. The van der Waals surface area contributed by atoms with Gasteiger partial charge < -0.3 is 9.84 Å². The lowest BCUT2D eigenvalue weighted by Crippen LogP contribution is -2.37. The van der Waals surface area contributed by atoms with Crippen molar-refractivity contribution in [2.45, 2.75) is 39.4 Å². The fourth-order valence-electron chi connectivity index (χ4n) is 3.87. The first-order valence-electron chi connectivity index (χ1n) is 9.27. The summed E-state index contributed by atoms with van der Waals surface area (Å²) in [6.07, 6.45) is -0.458. The lowest BCUT2D eigenvalue weighted by Gasteiger charge is -2.38. The summed E-state index contributed by atoms with van der Waals surface area (Å²) >= 11 is 0. The number of fused-ring (bicyclic) bond motifs is 1. The molecule has 1 aromatic carbocycles. The Hall–Kier alpha value is -2.68. The Morgan fingerprint density at radius 3 is 2.69 bits per heavy atom. The van der Waals surface area contributed by atoms with Crippen LogP contribution in [0.15, 0.2) is 24.5 Å². The predicted octanol–water partition coefficient (Wildman–Crippen LogP) is 4.51. The van der Waals surface area contributed by atoms with Crippen LogP contribution in [0.2, 0.25) is 0 Å². The fraction of sp³-hybridized carbons (Fsp3) is 0.450. The zero-order chi connectivity index (χ0) is 21.0. The molecule has 4 rings (SSSR count). The number of aryl methyl sites for hydroxylation is 1. The van der Waals surface area contributed by atoms with Crippen LogP contribution in [0.3, 0.4) is 0 Å². The van der Waals surface area contributed by atoms with Crippen LogP contribution < -0.4 is 0 Å². The Balaban J connectivity index is 1.75. The highest BCUT2D eigenvalue weighted by atomic mass is 19.4. The third kappa shape index (κ3) is 3.55. The zero-order valence-corrected chi connectivity index (χ0v) is 16.3. The summed E-state index contributed by atoms with van der Waals surface area (Å²) in [5.41, 5.74) is 0.702. The van der Waals surface area contributed by atoms with Gasteiger partial charge in [0, 0.05) is 17.6 Å². The van der Waals surface area contributed by atoms with Crippen LogP contribution in [0, 0.1) is 12.3 Å². The van der Waals surface area contributed by atoms with E-state index < -0.39 is 17.5 Å². The standard InChI is InChI=1S/C20H21F3N4O2/c1-11-6-12(20(21,22)23)7-15(28)17(11)13-8-24-14-9-27(26-18(14)25-13)16-4-5-29-10-19(16,2)3/h6-9,16,28H,4-5,10H2,1-3H3. The van der Waals surface area contributed by atoms with Crippen molar-refractivity contribution in [2.24, 2.45) is 5.41 Å². The van der Waals surface area contributed by atoms with Gasteiger partial charge in [0.15, 0.2) is 5.65 Å². The minimum Gasteiger partial charge on any atom is -0.507 e. The Kier molecular flexibility index (Phi) is 4.53. The summed E-state index contributed by atoms with van der Waals surface area (Å²) in [7, 11) is 0. The van der Waals surface area contributed by atoms with Crippen molar-refractivity contribution in [3.05, 3.63) is 35.7 Å². The number of ether oxygens (including phenoxy) is 1. The van der Waals surface area contributed by atoms with Gasteiger partial charge >= 0.3 is 6.18 Å². The molecular formula is C20H21F3N4O2. The number of aromatic hydroxyl groups is 1. The van der Waals surface area contributed by atoms with Crippen LogP contribution in [-0.2, 0) is 10.9 Å². The molecule has 1 unspecified atom stereocenters. The van der Waals surface area contributed by atoms with Gasteiger partial charge in [-0.2, -0.15) is 18.3 Å². The first-order valence-corrected chi connectivity index (χ1v) is 9.27. The topological polar surface area (TPSA) is 73.1 Å². The Morgan fingerprint density at radius 1 is 1.28 bits per heavy atom. The quantitative estimate of drug-likeness (QED) is 0.678. The van der Waals surface area contributed by atoms with Crippen LogP contribution in [0.5, 0.6) is 5.75 Å². The van der Waals surface area contributed by atoms with E-state index in [0.29, 0.717) is 30.4 Å². The number of alkyl halides is 3. The third-order valence-electron chi connectivity index (χ3n) is 5.38. The fourth-order valence-corrected chi connectivity index (χ4v) is 3.87. The summed E-state index contributed by atoms with van der Waals surface area (Å²) in [5.74, 6) is -0.490. The summed E-state index contributed by atoms with van der Waals surface area (Å²) in [5, 5.41) is 14.8. The minimum absolute atomic E-state index is 0.106. The maximum atomic E-state index is 13.0. The molecule has 1 aliphatic rings. The molecule has 1 saturated heterocycles. The van der Waals surface area contributed by atoms with Crippen molar-refractivity contribution >= 4 is 11.2 Å². The van der Waals surface area contributed by atoms with Crippen molar-refractivity contribution < 1.29 is 23.0 Å². The van der Waals surface area contributed by atoms with Gasteiger partial charge in [0.05, 0.1) is 36.3 Å². The molecule has 1 atom stereocenters. The minimum atomic E-state index is -4.54. The molecule has 3 heterocycles. The third-order valence-corrected chi connectivity index (χ3v) is 5.38. The smallest absolute Gasteiger partial charge is 0.416 e. The summed E-state index contributed by atoms with van der Waals surface area (Å²) in [6.45, 7) is 6.99. The number of halogens is 3. The molecule has 154 valence electrons. The maximum absolute atomic E-state index is 13.0. The molecule has 3 aromatic rings. The van der Waals surface area contributed by atoms with E-state index >= 15 is 0 Å². The van der Waals surface area contributed by atoms with E-state index in [-0.39, 0.29) is 28.3 Å². The van der Waals surface area contributed by atoms with Gasteiger partial charge in [-0.1, -0.05) is 13.8 Å². The molecule has 9 heteroatoms. The largest absolute Gasteiger partial charge is 0.507 e. The van der Waals surface area contributed by atoms with Gasteiger partial charge in [0.1, 0.15) is 11.3 Å². The lowest BCUT2D eigenvalue weighted by atomic mass is 9.82. The number of aromatic nitrogens is 4. The summed E-state index contributed by atoms with van der Waals surface area (Å²) in [4.78, 5) is 8.82. The number of phenols is 1. The molecule has 0 saturated carbocycles. The van der Waals surface area contributed by atoms with E-state index in [0.717, 1.165) is 12.5 Å². The first-order chi connectivity index (χ1) is 13.6. The SMILES string of the molecule is Cc1cc(C(F)(F)F)cc(O)c1-c1cnc2cn(C3CCOCC3(C)C)nc2n1. The number of phenolic OH excluding ortho intramolecular Hbond substituents is 1. The second-order valence-corrected chi connectivity index (χ2v) is 8.10. The van der Waals surface area contributed by atoms with Gasteiger partial charge in [-0.25, -0.2) is 9.97 Å². The van der Waals surface area contributed by atoms with E-state index in [4.69, 9.17) is 4.74 Å². The number of hydrogen-bond donors (Lipinski definition) is 1. The molecular weight excluding hydrogens is 385 g/mol. The average molecular weight is 406 g/mol. The number of nitrogens with zero attached hydrogens (tertiary/aromatic N) is 4. The molecule has 2 aromatic heterocycles. The second kappa shape index (κ2) is 6.69. The van der Waals surface area contributed by atoms with Crippen LogP contribution >= 0.6 is 0 Å². The van der Waals surface area contributed by atoms with Crippen LogP contribution in [0.1, 0.15) is 37.4 Å². The van der Waals surface area contributed by atoms with Crippen molar-refractivity contribution in [1.29, 1.82) is 0 Å². The normalized spacial score (nSPS) is 19.6. The Bertz CT molecular complexity index is 1050. The highest BCUT2D eigenvalue weighted by molar-refractivity contribution is 5.77. The Morgan fingerprint density at radius 2 is 2.03 bits per heavy atom. The van der Waals surface area contributed by atoms with E-state index in [1.807, 2.05) is 10.9 Å². The van der Waals surface area contributed by atoms with Crippen molar-refractivity contribution in [3.8, 4) is 17.0 Å². The van der Waals surface area contributed by atoms with Crippen molar-refractivity contribution in [2.75, 3.05) is 13.2 Å². The Labute approximate surface area is 165 Å². The molecule has 6 nitrogen and oxygen atoms in total. The van der Waals surface area contributed by atoms with Crippen LogP contribution in [-0.4, -0.2) is 38.1 Å². The molecule has 1 N–H and O–H groups in total. The molecule has 29 heavy (non-hydrogen) atoms. The maximum Gasteiger partial charge on any atom is 0.416 e. The summed E-state index contributed by atoms with van der Waals surface area (Å²) < 4.78 is 46.3. The van der Waals surface area contributed by atoms with Crippen LogP contribution in [0.4, 0.5) is 13.2 Å². The lowest BCUT2D eigenvalue weighted by molar-refractivity contribution is -0.137. The summed E-state index contributed by atoms with van der Waals surface area (Å²) in [6, 6.07) is 1.82.